The van der Waals surface area contributed by atoms with Crippen molar-refractivity contribution in [3.05, 3.63) is 28.0 Å². The van der Waals surface area contributed by atoms with Gasteiger partial charge in [-0.05, 0) is 18.6 Å². The van der Waals surface area contributed by atoms with Gasteiger partial charge >= 0.3 is 5.97 Å². The van der Waals surface area contributed by atoms with Crippen LogP contribution >= 0.6 is 11.6 Å². The van der Waals surface area contributed by atoms with Crippen LogP contribution in [0.3, 0.4) is 0 Å². The van der Waals surface area contributed by atoms with Gasteiger partial charge in [-0.2, -0.15) is 0 Å². The van der Waals surface area contributed by atoms with Crippen molar-refractivity contribution in [2.75, 3.05) is 6.61 Å². The number of halogens is 3. The maximum Gasteiger partial charge on any atom is 0.311 e. The second kappa shape index (κ2) is 6.61. The third kappa shape index (κ3) is 3.61. The van der Waals surface area contributed by atoms with Crippen LogP contribution in [-0.2, 0) is 22.5 Å². The maximum atomic E-state index is 12.8. The molecule has 0 aliphatic heterocycles. The third-order valence-electron chi connectivity index (χ3n) is 2.27. The fourth-order valence-electron chi connectivity index (χ4n) is 1.54. The molecule has 0 saturated heterocycles. The molecule has 100 valence electrons. The molecule has 0 radical (unpaired) electrons. The van der Waals surface area contributed by atoms with E-state index >= 15 is 0 Å². The molecule has 1 rings (SSSR count). The lowest BCUT2D eigenvalue weighted by molar-refractivity contribution is -0.142. The summed E-state index contributed by atoms with van der Waals surface area (Å²) in [6, 6.07) is 1.06. The molecule has 0 aliphatic carbocycles. The highest BCUT2D eigenvalue weighted by Crippen LogP contribution is 2.27. The average Bonchev–Trinajstić information content (AvgIpc) is 2.28. The van der Waals surface area contributed by atoms with Gasteiger partial charge in [0.05, 0.1) is 18.7 Å². The molecular weight excluding hydrogens is 266 g/mol. The Labute approximate surface area is 108 Å². The van der Waals surface area contributed by atoms with Gasteiger partial charge in [-0.1, -0.05) is 11.6 Å². The summed E-state index contributed by atoms with van der Waals surface area (Å²) in [5.74, 6) is -0.554. The van der Waals surface area contributed by atoms with Crippen LogP contribution in [0.1, 0.15) is 30.2 Å². The van der Waals surface area contributed by atoms with Gasteiger partial charge in [-0.15, -0.1) is 0 Å². The summed E-state index contributed by atoms with van der Waals surface area (Å²) < 4.78 is 30.3. The lowest BCUT2D eigenvalue weighted by Crippen LogP contribution is -2.14. The molecule has 0 aromatic carbocycles. The van der Waals surface area contributed by atoms with Crippen molar-refractivity contribution >= 4 is 17.6 Å². The van der Waals surface area contributed by atoms with E-state index in [1.165, 1.54) is 0 Å². The summed E-state index contributed by atoms with van der Waals surface area (Å²) in [7, 11) is 0. The van der Waals surface area contributed by atoms with Gasteiger partial charge in [0.2, 0.25) is 0 Å². The summed E-state index contributed by atoms with van der Waals surface area (Å²) in [5.41, 5.74) is 5.40. The Morgan fingerprint density at radius 2 is 2.28 bits per heavy atom. The Morgan fingerprint density at radius 1 is 1.61 bits per heavy atom. The number of carbonyl (C=O) groups excluding carboxylic acids is 1. The van der Waals surface area contributed by atoms with E-state index in [0.29, 0.717) is 0 Å². The van der Waals surface area contributed by atoms with Crippen LogP contribution in [0, 0.1) is 0 Å². The number of hydrogen-bond donors (Lipinski definition) is 1. The highest BCUT2D eigenvalue weighted by atomic mass is 35.5. The standard InChI is InChI=1S/C11H13ClF2N2O2/c1-2-18-10(17)4-8-7(5-15)6(11(13)14)3-9(12)16-8/h3,11H,2,4-5,15H2,1H3. The van der Waals surface area contributed by atoms with Gasteiger partial charge in [-0.3, -0.25) is 4.79 Å². The van der Waals surface area contributed by atoms with E-state index in [1.807, 2.05) is 0 Å². The minimum atomic E-state index is -2.72. The minimum absolute atomic E-state index is 0.0956. The lowest BCUT2D eigenvalue weighted by atomic mass is 10.0. The summed E-state index contributed by atoms with van der Waals surface area (Å²) in [6.07, 6.45) is -2.94. The van der Waals surface area contributed by atoms with Crippen molar-refractivity contribution in [3.63, 3.8) is 0 Å². The number of alkyl halides is 2. The second-order valence-corrected chi connectivity index (χ2v) is 3.83. The summed E-state index contributed by atoms with van der Waals surface area (Å²) in [5, 5.41) is -0.0956. The van der Waals surface area contributed by atoms with Crippen molar-refractivity contribution in [2.45, 2.75) is 26.3 Å². The fourth-order valence-corrected chi connectivity index (χ4v) is 1.76. The highest BCUT2D eigenvalue weighted by Gasteiger charge is 2.19. The molecule has 2 N–H and O–H groups in total. The van der Waals surface area contributed by atoms with Crippen LogP contribution in [0.5, 0.6) is 0 Å². The molecule has 4 nitrogen and oxygen atoms in total. The van der Waals surface area contributed by atoms with E-state index < -0.39 is 12.4 Å². The van der Waals surface area contributed by atoms with Gasteiger partial charge < -0.3 is 10.5 Å². The molecule has 18 heavy (non-hydrogen) atoms. The van der Waals surface area contributed by atoms with Gasteiger partial charge in [0.25, 0.3) is 6.43 Å². The van der Waals surface area contributed by atoms with Crippen molar-refractivity contribution in [2.24, 2.45) is 5.73 Å². The third-order valence-corrected chi connectivity index (χ3v) is 2.46. The number of rotatable bonds is 5. The molecular formula is C11H13ClF2N2O2. The number of nitrogens with zero attached hydrogens (tertiary/aromatic N) is 1. The van der Waals surface area contributed by atoms with Crippen LogP contribution in [0.2, 0.25) is 5.15 Å². The normalized spacial score (nSPS) is 10.8. The molecule has 0 spiro atoms. The Morgan fingerprint density at radius 3 is 2.78 bits per heavy atom. The van der Waals surface area contributed by atoms with Crippen molar-refractivity contribution in [1.29, 1.82) is 0 Å². The van der Waals surface area contributed by atoms with Gasteiger partial charge in [-0.25, -0.2) is 13.8 Å². The second-order valence-electron chi connectivity index (χ2n) is 3.45. The smallest absolute Gasteiger partial charge is 0.311 e. The van der Waals surface area contributed by atoms with E-state index in [0.717, 1.165) is 6.07 Å². The fraction of sp³-hybridized carbons (Fsp3) is 0.455. The number of ether oxygens (including phenoxy) is 1. The molecule has 0 saturated carbocycles. The molecule has 1 aromatic heterocycles. The first-order valence-electron chi connectivity index (χ1n) is 5.31. The molecule has 1 heterocycles. The van der Waals surface area contributed by atoms with Gasteiger partial charge in [0.15, 0.2) is 0 Å². The first-order chi connectivity index (χ1) is 8.49. The number of aromatic nitrogens is 1. The number of hydrogen-bond acceptors (Lipinski definition) is 4. The number of carbonyl (C=O) groups is 1. The summed E-state index contributed by atoms with van der Waals surface area (Å²) in [6.45, 7) is 1.72. The van der Waals surface area contributed by atoms with Gasteiger partial charge in [0.1, 0.15) is 5.15 Å². The van der Waals surface area contributed by atoms with Crippen molar-refractivity contribution < 1.29 is 18.3 Å². The van der Waals surface area contributed by atoms with Gasteiger partial charge in [0, 0.05) is 12.1 Å². The van der Waals surface area contributed by atoms with Crippen molar-refractivity contribution in [3.8, 4) is 0 Å². The monoisotopic (exact) mass is 278 g/mol. The number of pyridine rings is 1. The lowest BCUT2D eigenvalue weighted by Gasteiger charge is -2.12. The number of esters is 1. The summed E-state index contributed by atoms with van der Waals surface area (Å²) in [4.78, 5) is 15.2. The Bertz CT molecular complexity index is 441. The Kier molecular flexibility index (Phi) is 5.43. The van der Waals surface area contributed by atoms with Crippen LogP contribution < -0.4 is 5.73 Å². The first kappa shape index (κ1) is 14.8. The van der Waals surface area contributed by atoms with E-state index in [2.05, 4.69) is 4.98 Å². The van der Waals surface area contributed by atoms with Crippen molar-refractivity contribution in [1.82, 2.24) is 4.98 Å². The first-order valence-corrected chi connectivity index (χ1v) is 5.69. The quantitative estimate of drug-likeness (QED) is 0.663. The van der Waals surface area contributed by atoms with Crippen LogP contribution in [0.25, 0.3) is 0 Å². The number of nitrogens with two attached hydrogens (primary N) is 1. The minimum Gasteiger partial charge on any atom is -0.466 e. The van der Waals surface area contributed by atoms with Crippen LogP contribution in [0.15, 0.2) is 6.07 Å². The van der Waals surface area contributed by atoms with E-state index in [4.69, 9.17) is 22.1 Å². The van der Waals surface area contributed by atoms with Crippen LogP contribution in [-0.4, -0.2) is 17.6 Å². The molecule has 0 fully saturated rings. The predicted molar refractivity (Wildman–Crippen MR) is 62.4 cm³/mol. The average molecular weight is 279 g/mol. The zero-order valence-electron chi connectivity index (χ0n) is 9.75. The van der Waals surface area contributed by atoms with E-state index in [9.17, 15) is 13.6 Å². The predicted octanol–water partition coefficient (Wildman–Crippen LogP) is 2.24. The zero-order valence-corrected chi connectivity index (χ0v) is 10.5. The zero-order chi connectivity index (χ0) is 13.7. The highest BCUT2D eigenvalue weighted by molar-refractivity contribution is 6.29. The largest absolute Gasteiger partial charge is 0.466 e. The Balaban J connectivity index is 3.13. The molecule has 7 heteroatoms. The molecule has 0 amide bonds. The maximum absolute atomic E-state index is 12.8. The molecule has 0 atom stereocenters. The molecule has 0 unspecified atom stereocenters. The molecule has 0 bridgehead atoms. The van der Waals surface area contributed by atoms with Crippen LogP contribution in [0.4, 0.5) is 8.78 Å². The Hall–Kier alpha value is -1.27. The van der Waals surface area contributed by atoms with E-state index in [-0.39, 0.29) is 41.5 Å². The molecule has 0 aliphatic rings. The van der Waals surface area contributed by atoms with E-state index in [1.54, 1.807) is 6.92 Å². The SMILES string of the molecule is CCOC(=O)Cc1nc(Cl)cc(C(F)F)c1CN. The molecule has 1 aromatic rings. The topological polar surface area (TPSA) is 65.2 Å². The summed E-state index contributed by atoms with van der Waals surface area (Å²) >= 11 is 5.65.